The highest BCUT2D eigenvalue weighted by atomic mass is 16.6. The Labute approximate surface area is 64.8 Å². The molecule has 4 nitrogen and oxygen atoms in total. The van der Waals surface area contributed by atoms with Crippen LogP contribution in [0.25, 0.3) is 0 Å². The highest BCUT2D eigenvalue weighted by Crippen LogP contribution is 1.98. The Morgan fingerprint density at radius 3 is 2.09 bits per heavy atom. The largest absolute Gasteiger partial charge is 0.500 e. The summed E-state index contributed by atoms with van der Waals surface area (Å²) in [6.45, 7) is 2.50. The van der Waals surface area contributed by atoms with Crippen LogP contribution in [0, 0.1) is 0 Å². The lowest BCUT2D eigenvalue weighted by molar-refractivity contribution is -0.140. The first kappa shape index (κ1) is 9.68. The van der Waals surface area contributed by atoms with Gasteiger partial charge in [-0.15, -0.1) is 0 Å². The normalized spacial score (nSPS) is 10.6. The van der Waals surface area contributed by atoms with Crippen molar-refractivity contribution in [3.05, 3.63) is 12.0 Å². The molecule has 62 valence electrons. The number of Topliss-reactive ketones (excluding diaryl/α,β-unsaturated/α-hetero) is 1. The molecule has 0 unspecified atom stereocenters. The fourth-order valence-electron chi connectivity index (χ4n) is 0.441. The average molecular weight is 158 g/mol. The molecule has 0 saturated heterocycles. The van der Waals surface area contributed by atoms with Crippen LogP contribution in [0.2, 0.25) is 0 Å². The summed E-state index contributed by atoms with van der Waals surface area (Å²) in [6.07, 6.45) is 1.09. The molecule has 0 fully saturated rings. The zero-order chi connectivity index (χ0) is 8.85. The summed E-state index contributed by atoms with van der Waals surface area (Å²) in [6, 6.07) is 0. The zero-order valence-electron chi connectivity index (χ0n) is 6.71. The first-order valence-corrected chi connectivity index (χ1v) is 3.00. The number of carbonyl (C=O) groups excluding carboxylic acids is 2. The first-order valence-electron chi connectivity index (χ1n) is 3.00. The fourth-order valence-corrected chi connectivity index (χ4v) is 0.441. The van der Waals surface area contributed by atoms with Gasteiger partial charge in [0.15, 0.2) is 5.78 Å². The summed E-state index contributed by atoms with van der Waals surface area (Å²) in [5.74, 6) is -0.967. The molecule has 0 atom stereocenters. The highest BCUT2D eigenvalue weighted by Gasteiger charge is 2.07. The molecule has 0 radical (unpaired) electrons. The van der Waals surface area contributed by atoms with Crippen LogP contribution in [0.5, 0.6) is 0 Å². The van der Waals surface area contributed by atoms with Crippen molar-refractivity contribution in [2.24, 2.45) is 0 Å². The molecule has 0 aromatic heterocycles. The maximum Gasteiger partial charge on any atom is 0.308 e. The predicted octanol–water partition coefficient (Wildman–Crippen LogP) is 0.626. The van der Waals surface area contributed by atoms with Crippen molar-refractivity contribution in [3.8, 4) is 0 Å². The van der Waals surface area contributed by atoms with E-state index in [1.54, 1.807) is 0 Å². The molecule has 0 rings (SSSR count). The van der Waals surface area contributed by atoms with Crippen LogP contribution in [-0.2, 0) is 19.1 Å². The molecule has 0 saturated carbocycles. The molecule has 0 aromatic carbocycles. The van der Waals surface area contributed by atoms with Crippen molar-refractivity contribution >= 4 is 11.8 Å². The average Bonchev–Trinajstić information content (AvgIpc) is 1.86. The Hall–Kier alpha value is -1.32. The molecule has 0 N–H and O–H groups in total. The van der Waals surface area contributed by atoms with Crippen molar-refractivity contribution < 1.29 is 19.1 Å². The number of carbonyl (C=O) groups is 2. The van der Waals surface area contributed by atoms with E-state index in [9.17, 15) is 9.59 Å². The highest BCUT2D eigenvalue weighted by molar-refractivity contribution is 5.93. The molecular formula is C7H10O4. The molecule has 11 heavy (non-hydrogen) atoms. The fraction of sp³-hybridized carbons (Fsp3) is 0.429. The monoisotopic (exact) mass is 158 g/mol. The van der Waals surface area contributed by atoms with Crippen molar-refractivity contribution in [3.63, 3.8) is 0 Å². The minimum atomic E-state index is -0.538. The second-order valence-electron chi connectivity index (χ2n) is 1.87. The number of methoxy groups -OCH3 is 1. The Balaban J connectivity index is 4.23. The number of rotatable bonds is 3. The lowest BCUT2D eigenvalue weighted by Gasteiger charge is -2.00. The summed E-state index contributed by atoms with van der Waals surface area (Å²) in [5.41, 5.74) is 0. The number of esters is 1. The maximum atomic E-state index is 10.6. The van der Waals surface area contributed by atoms with Crippen LogP contribution in [-0.4, -0.2) is 18.9 Å². The quantitative estimate of drug-likeness (QED) is 0.343. The van der Waals surface area contributed by atoms with E-state index in [1.807, 2.05) is 0 Å². The van der Waals surface area contributed by atoms with E-state index < -0.39 is 5.97 Å². The third-order valence-electron chi connectivity index (χ3n) is 0.826. The van der Waals surface area contributed by atoms with Crippen LogP contribution in [0.1, 0.15) is 13.8 Å². The van der Waals surface area contributed by atoms with Gasteiger partial charge in [0.2, 0.25) is 5.76 Å². The van der Waals surface area contributed by atoms with E-state index in [0.717, 1.165) is 6.26 Å². The second kappa shape index (κ2) is 4.49. The minimum Gasteiger partial charge on any atom is -0.500 e. The van der Waals surface area contributed by atoms with E-state index in [-0.39, 0.29) is 11.5 Å². The predicted molar refractivity (Wildman–Crippen MR) is 37.5 cm³/mol. The van der Waals surface area contributed by atoms with Gasteiger partial charge in [0.1, 0.15) is 6.26 Å². The van der Waals surface area contributed by atoms with E-state index >= 15 is 0 Å². The molecule has 0 aromatic rings. The Kier molecular flexibility index (Phi) is 3.95. The molecule has 0 heterocycles. The van der Waals surface area contributed by atoms with Crippen LogP contribution in [0.4, 0.5) is 0 Å². The van der Waals surface area contributed by atoms with E-state index in [0.29, 0.717) is 0 Å². The number of hydrogen-bond donors (Lipinski definition) is 0. The summed E-state index contributed by atoms with van der Waals surface area (Å²) < 4.78 is 9.01. The molecule has 0 aliphatic carbocycles. The van der Waals surface area contributed by atoms with Gasteiger partial charge in [-0.3, -0.25) is 9.59 Å². The Morgan fingerprint density at radius 1 is 1.27 bits per heavy atom. The zero-order valence-corrected chi connectivity index (χ0v) is 6.71. The Morgan fingerprint density at radius 2 is 1.82 bits per heavy atom. The van der Waals surface area contributed by atoms with Crippen molar-refractivity contribution in [2.45, 2.75) is 13.8 Å². The molecule has 0 spiro atoms. The van der Waals surface area contributed by atoms with Gasteiger partial charge in [-0.05, 0) is 0 Å². The summed E-state index contributed by atoms with van der Waals surface area (Å²) in [4.78, 5) is 21.0. The molecular weight excluding hydrogens is 148 g/mol. The molecule has 0 aliphatic heterocycles. The standard InChI is InChI=1S/C7H10O4/c1-5(8)7(4-10-3)11-6(2)9/h4H,1-3H3/b7-4-. The molecule has 0 amide bonds. The molecule has 0 aliphatic rings. The van der Waals surface area contributed by atoms with Gasteiger partial charge < -0.3 is 9.47 Å². The SMILES string of the molecule is CO/C=C(\OC(C)=O)C(C)=O. The van der Waals surface area contributed by atoms with Crippen LogP contribution < -0.4 is 0 Å². The smallest absolute Gasteiger partial charge is 0.308 e. The van der Waals surface area contributed by atoms with Gasteiger partial charge in [-0.1, -0.05) is 0 Å². The van der Waals surface area contributed by atoms with Gasteiger partial charge in [-0.2, -0.15) is 0 Å². The van der Waals surface area contributed by atoms with Crippen molar-refractivity contribution in [1.29, 1.82) is 0 Å². The molecule has 0 bridgehead atoms. The number of ketones is 1. The Bertz CT molecular complexity index is 193. The van der Waals surface area contributed by atoms with Gasteiger partial charge in [-0.25, -0.2) is 0 Å². The van der Waals surface area contributed by atoms with E-state index in [2.05, 4.69) is 9.47 Å². The summed E-state index contributed by atoms with van der Waals surface area (Å²) in [7, 11) is 1.37. The van der Waals surface area contributed by atoms with Crippen LogP contribution in [0.3, 0.4) is 0 Å². The number of allylic oxidation sites excluding steroid dienone is 1. The number of hydrogen-bond acceptors (Lipinski definition) is 4. The van der Waals surface area contributed by atoms with Gasteiger partial charge in [0.05, 0.1) is 7.11 Å². The van der Waals surface area contributed by atoms with Crippen molar-refractivity contribution in [1.82, 2.24) is 0 Å². The van der Waals surface area contributed by atoms with Gasteiger partial charge in [0, 0.05) is 13.8 Å². The van der Waals surface area contributed by atoms with Crippen molar-refractivity contribution in [2.75, 3.05) is 7.11 Å². The summed E-state index contributed by atoms with van der Waals surface area (Å²) in [5, 5.41) is 0. The van der Waals surface area contributed by atoms with E-state index in [4.69, 9.17) is 0 Å². The van der Waals surface area contributed by atoms with Crippen LogP contribution in [0.15, 0.2) is 12.0 Å². The lowest BCUT2D eigenvalue weighted by Crippen LogP contribution is -2.06. The van der Waals surface area contributed by atoms with Crippen LogP contribution >= 0.6 is 0 Å². The maximum absolute atomic E-state index is 10.6. The lowest BCUT2D eigenvalue weighted by atomic mass is 10.4. The van der Waals surface area contributed by atoms with Gasteiger partial charge >= 0.3 is 5.97 Å². The first-order chi connectivity index (χ1) is 5.07. The van der Waals surface area contributed by atoms with E-state index in [1.165, 1.54) is 21.0 Å². The molecule has 4 heteroatoms. The topological polar surface area (TPSA) is 52.6 Å². The minimum absolute atomic E-state index is 0.0833. The summed E-state index contributed by atoms with van der Waals surface area (Å²) >= 11 is 0. The third-order valence-corrected chi connectivity index (χ3v) is 0.826. The second-order valence-corrected chi connectivity index (χ2v) is 1.87. The van der Waals surface area contributed by atoms with Gasteiger partial charge in [0.25, 0.3) is 0 Å². The third kappa shape index (κ3) is 4.13. The number of ether oxygens (including phenoxy) is 2.